The summed E-state index contributed by atoms with van der Waals surface area (Å²) < 4.78 is 0. The maximum Gasteiger partial charge on any atom is 0.162 e. The van der Waals surface area contributed by atoms with Gasteiger partial charge in [0.05, 0.1) is 0 Å². The molecule has 0 bridgehead atoms. The summed E-state index contributed by atoms with van der Waals surface area (Å²) in [5, 5.41) is 8.53. The van der Waals surface area contributed by atoms with Gasteiger partial charge in [-0.15, -0.1) is 0 Å². The van der Waals surface area contributed by atoms with E-state index < -0.39 is 0 Å². The van der Waals surface area contributed by atoms with Crippen LogP contribution in [-0.2, 0) is 4.79 Å². The number of carbonyl (C=O) groups excluding carboxylic acids is 1. The van der Waals surface area contributed by atoms with Crippen molar-refractivity contribution in [2.45, 2.75) is 12.8 Å². The Bertz CT molecular complexity index is 119. The van der Waals surface area contributed by atoms with Crippen LogP contribution in [0, 0.1) is 5.92 Å². The van der Waals surface area contributed by atoms with Gasteiger partial charge in [-0.05, 0) is 18.6 Å². The van der Waals surface area contributed by atoms with Crippen LogP contribution in [0.1, 0.15) is 12.8 Å². The summed E-state index contributed by atoms with van der Waals surface area (Å²) in [6.07, 6.45) is 2.10. The highest BCUT2D eigenvalue weighted by Crippen LogP contribution is 2.22. The van der Waals surface area contributed by atoms with Gasteiger partial charge in [-0.1, -0.05) is 0 Å². The summed E-state index contributed by atoms with van der Waals surface area (Å²) in [7, 11) is 0. The summed E-state index contributed by atoms with van der Waals surface area (Å²) >= 11 is 1.81. The molecule has 0 radical (unpaired) electrons. The standard InChI is InChI=1S/C7H12O2S/c8-4-7(9)6-2-1-3-10-5-6/h6,8H,1-5H2. The zero-order valence-corrected chi connectivity index (χ0v) is 6.69. The van der Waals surface area contributed by atoms with Gasteiger partial charge in [0.1, 0.15) is 6.61 Å². The van der Waals surface area contributed by atoms with Crippen LogP contribution in [0.5, 0.6) is 0 Å². The van der Waals surface area contributed by atoms with E-state index in [0.29, 0.717) is 0 Å². The van der Waals surface area contributed by atoms with Crippen molar-refractivity contribution in [3.05, 3.63) is 0 Å². The summed E-state index contributed by atoms with van der Waals surface area (Å²) in [6.45, 7) is -0.273. The third kappa shape index (κ3) is 1.99. The smallest absolute Gasteiger partial charge is 0.162 e. The molecule has 3 heteroatoms. The lowest BCUT2D eigenvalue weighted by molar-refractivity contribution is -0.125. The molecular formula is C7H12O2S. The van der Waals surface area contributed by atoms with Crippen LogP contribution in [0.4, 0.5) is 0 Å². The van der Waals surface area contributed by atoms with Crippen LogP contribution in [0.3, 0.4) is 0 Å². The number of aliphatic hydroxyl groups is 1. The second kappa shape index (κ2) is 3.98. The fraction of sp³-hybridized carbons (Fsp3) is 0.857. The minimum atomic E-state index is -0.273. The molecule has 0 spiro atoms. The van der Waals surface area contributed by atoms with Gasteiger partial charge in [-0.25, -0.2) is 0 Å². The van der Waals surface area contributed by atoms with Gasteiger partial charge in [0.2, 0.25) is 0 Å². The maximum absolute atomic E-state index is 10.9. The number of thioether (sulfide) groups is 1. The first kappa shape index (κ1) is 8.08. The quantitative estimate of drug-likeness (QED) is 0.646. The molecule has 1 fully saturated rings. The van der Waals surface area contributed by atoms with E-state index in [4.69, 9.17) is 5.11 Å². The summed E-state index contributed by atoms with van der Waals surface area (Å²) in [5.74, 6) is 2.25. The first-order chi connectivity index (χ1) is 4.84. The largest absolute Gasteiger partial charge is 0.389 e. The number of carbonyl (C=O) groups is 1. The highest BCUT2D eigenvalue weighted by Gasteiger charge is 2.19. The van der Waals surface area contributed by atoms with E-state index in [-0.39, 0.29) is 18.3 Å². The second-order valence-electron chi connectivity index (χ2n) is 2.54. The Hall–Kier alpha value is -0.0200. The summed E-state index contributed by atoms with van der Waals surface area (Å²) in [4.78, 5) is 10.9. The van der Waals surface area contributed by atoms with Gasteiger partial charge in [0.25, 0.3) is 0 Å². The van der Waals surface area contributed by atoms with E-state index in [1.807, 2.05) is 11.8 Å². The first-order valence-electron chi connectivity index (χ1n) is 3.56. The molecule has 0 aromatic heterocycles. The van der Waals surface area contributed by atoms with Crippen molar-refractivity contribution >= 4 is 17.5 Å². The van der Waals surface area contributed by atoms with Gasteiger partial charge in [0, 0.05) is 11.7 Å². The molecule has 10 heavy (non-hydrogen) atoms. The molecule has 0 aromatic rings. The number of hydrogen-bond acceptors (Lipinski definition) is 3. The Kier molecular flexibility index (Phi) is 3.22. The van der Waals surface area contributed by atoms with Crippen molar-refractivity contribution in [2.75, 3.05) is 18.1 Å². The molecular weight excluding hydrogens is 148 g/mol. The average molecular weight is 160 g/mol. The molecule has 2 nitrogen and oxygen atoms in total. The predicted octanol–water partition coefficient (Wildman–Crippen LogP) is 0.691. The highest BCUT2D eigenvalue weighted by molar-refractivity contribution is 7.99. The fourth-order valence-corrected chi connectivity index (χ4v) is 2.30. The van der Waals surface area contributed by atoms with Gasteiger partial charge >= 0.3 is 0 Å². The molecule has 1 rings (SSSR count). The molecule has 1 saturated heterocycles. The Balaban J connectivity index is 2.31. The molecule has 1 aliphatic heterocycles. The lowest BCUT2D eigenvalue weighted by Gasteiger charge is -2.18. The monoisotopic (exact) mass is 160 g/mol. The van der Waals surface area contributed by atoms with Gasteiger partial charge < -0.3 is 5.11 Å². The predicted molar refractivity (Wildman–Crippen MR) is 42.1 cm³/mol. The van der Waals surface area contributed by atoms with Crippen molar-refractivity contribution in [1.82, 2.24) is 0 Å². The van der Waals surface area contributed by atoms with Gasteiger partial charge in [-0.2, -0.15) is 11.8 Å². The third-order valence-electron chi connectivity index (χ3n) is 1.77. The Morgan fingerprint density at radius 1 is 1.70 bits per heavy atom. The topological polar surface area (TPSA) is 37.3 Å². The van der Waals surface area contributed by atoms with E-state index in [1.165, 1.54) is 5.75 Å². The maximum atomic E-state index is 10.9. The molecule has 0 aliphatic carbocycles. The molecule has 58 valence electrons. The van der Waals surface area contributed by atoms with Crippen molar-refractivity contribution in [3.8, 4) is 0 Å². The minimum absolute atomic E-state index is 0.0206. The molecule has 0 aromatic carbocycles. The molecule has 0 amide bonds. The van der Waals surface area contributed by atoms with Crippen LogP contribution >= 0.6 is 11.8 Å². The molecule has 0 saturated carbocycles. The van der Waals surface area contributed by atoms with E-state index >= 15 is 0 Å². The lowest BCUT2D eigenvalue weighted by Crippen LogP contribution is -2.23. The van der Waals surface area contributed by atoms with E-state index in [0.717, 1.165) is 18.6 Å². The number of ketones is 1. The molecule has 1 aliphatic rings. The third-order valence-corrected chi connectivity index (χ3v) is 2.99. The second-order valence-corrected chi connectivity index (χ2v) is 3.69. The number of Topliss-reactive ketones (excluding diaryl/α,β-unsaturated/α-hetero) is 1. The Morgan fingerprint density at radius 3 is 3.00 bits per heavy atom. The van der Waals surface area contributed by atoms with Crippen molar-refractivity contribution < 1.29 is 9.90 Å². The number of aliphatic hydroxyl groups excluding tert-OH is 1. The molecule has 1 unspecified atom stereocenters. The van der Waals surface area contributed by atoms with Crippen molar-refractivity contribution in [3.63, 3.8) is 0 Å². The van der Waals surface area contributed by atoms with Crippen LogP contribution in [0.15, 0.2) is 0 Å². The normalized spacial score (nSPS) is 26.3. The average Bonchev–Trinajstić information content (AvgIpc) is 2.05. The summed E-state index contributed by atoms with van der Waals surface area (Å²) in [5.41, 5.74) is 0. The van der Waals surface area contributed by atoms with Crippen molar-refractivity contribution in [2.24, 2.45) is 5.92 Å². The lowest BCUT2D eigenvalue weighted by atomic mass is 10.0. The molecule has 1 atom stereocenters. The number of hydrogen-bond donors (Lipinski definition) is 1. The Morgan fingerprint density at radius 2 is 2.50 bits per heavy atom. The molecule has 1 N–H and O–H groups in total. The summed E-state index contributed by atoms with van der Waals surface area (Å²) in [6, 6.07) is 0. The number of rotatable bonds is 2. The SMILES string of the molecule is O=C(CO)C1CCCSC1. The van der Waals surface area contributed by atoms with E-state index in [2.05, 4.69) is 0 Å². The van der Waals surface area contributed by atoms with Gasteiger partial charge in [-0.3, -0.25) is 4.79 Å². The van der Waals surface area contributed by atoms with Crippen LogP contribution in [-0.4, -0.2) is 29.0 Å². The van der Waals surface area contributed by atoms with Gasteiger partial charge in [0.15, 0.2) is 5.78 Å². The van der Waals surface area contributed by atoms with Crippen LogP contribution in [0.2, 0.25) is 0 Å². The zero-order valence-electron chi connectivity index (χ0n) is 5.88. The fourth-order valence-electron chi connectivity index (χ4n) is 1.12. The molecule has 1 heterocycles. The highest BCUT2D eigenvalue weighted by atomic mass is 32.2. The zero-order chi connectivity index (χ0) is 7.40. The van der Waals surface area contributed by atoms with Crippen molar-refractivity contribution in [1.29, 1.82) is 0 Å². The van der Waals surface area contributed by atoms with E-state index in [1.54, 1.807) is 0 Å². The van der Waals surface area contributed by atoms with Crippen LogP contribution < -0.4 is 0 Å². The van der Waals surface area contributed by atoms with Crippen LogP contribution in [0.25, 0.3) is 0 Å². The van der Waals surface area contributed by atoms with E-state index in [9.17, 15) is 4.79 Å². The Labute approximate surface area is 65.0 Å². The minimum Gasteiger partial charge on any atom is -0.389 e. The first-order valence-corrected chi connectivity index (χ1v) is 4.71.